The highest BCUT2D eigenvalue weighted by molar-refractivity contribution is 5.80. The summed E-state index contributed by atoms with van der Waals surface area (Å²) in [5, 5.41) is 2.83. The third kappa shape index (κ3) is 2.94. The number of hydrogen-bond donors (Lipinski definition) is 1. The van der Waals surface area contributed by atoms with E-state index in [9.17, 15) is 4.79 Å². The Labute approximate surface area is 100 Å². The zero-order valence-electron chi connectivity index (χ0n) is 9.81. The molecule has 92 valence electrons. The third-order valence-electron chi connectivity index (χ3n) is 2.72. The van der Waals surface area contributed by atoms with E-state index in [-0.39, 0.29) is 12.0 Å². The SMILES string of the molecule is COc1ncccc1CNC(=O)C1CCCO1. The molecule has 0 bridgehead atoms. The molecular formula is C12H16N2O3. The van der Waals surface area contributed by atoms with Crippen LogP contribution in [0.5, 0.6) is 5.88 Å². The first-order valence-corrected chi connectivity index (χ1v) is 5.68. The second kappa shape index (κ2) is 5.63. The average molecular weight is 236 g/mol. The molecule has 0 saturated carbocycles. The number of rotatable bonds is 4. The number of ether oxygens (including phenoxy) is 2. The molecule has 1 fully saturated rings. The lowest BCUT2D eigenvalue weighted by molar-refractivity contribution is -0.130. The lowest BCUT2D eigenvalue weighted by atomic mass is 10.2. The number of pyridine rings is 1. The van der Waals surface area contributed by atoms with Crippen molar-refractivity contribution in [3.8, 4) is 5.88 Å². The van der Waals surface area contributed by atoms with E-state index in [1.54, 1.807) is 13.3 Å². The summed E-state index contributed by atoms with van der Waals surface area (Å²) >= 11 is 0. The lowest BCUT2D eigenvalue weighted by Gasteiger charge is -2.11. The third-order valence-corrected chi connectivity index (χ3v) is 2.72. The van der Waals surface area contributed by atoms with Gasteiger partial charge in [0, 0.05) is 24.9 Å². The Bertz CT molecular complexity index is 389. The Morgan fingerprint density at radius 3 is 3.29 bits per heavy atom. The van der Waals surface area contributed by atoms with Gasteiger partial charge in [0.25, 0.3) is 0 Å². The van der Waals surface area contributed by atoms with Gasteiger partial charge in [-0.1, -0.05) is 6.07 Å². The van der Waals surface area contributed by atoms with E-state index in [1.165, 1.54) is 0 Å². The van der Waals surface area contributed by atoms with Crippen molar-refractivity contribution in [2.75, 3.05) is 13.7 Å². The number of aromatic nitrogens is 1. The normalized spacial score (nSPS) is 19.0. The van der Waals surface area contributed by atoms with Crippen LogP contribution in [0, 0.1) is 0 Å². The quantitative estimate of drug-likeness (QED) is 0.843. The second-order valence-corrected chi connectivity index (χ2v) is 3.89. The summed E-state index contributed by atoms with van der Waals surface area (Å²) in [5.74, 6) is 0.480. The first-order chi connectivity index (χ1) is 8.31. The number of carbonyl (C=O) groups excluding carboxylic acids is 1. The van der Waals surface area contributed by atoms with E-state index in [2.05, 4.69) is 10.3 Å². The van der Waals surface area contributed by atoms with Crippen molar-refractivity contribution >= 4 is 5.91 Å². The summed E-state index contributed by atoms with van der Waals surface area (Å²) in [4.78, 5) is 15.8. The minimum atomic E-state index is -0.294. The van der Waals surface area contributed by atoms with Crippen LogP contribution >= 0.6 is 0 Å². The number of nitrogens with one attached hydrogen (secondary N) is 1. The Balaban J connectivity index is 1.90. The number of methoxy groups -OCH3 is 1. The second-order valence-electron chi connectivity index (χ2n) is 3.89. The molecule has 1 saturated heterocycles. The summed E-state index contributed by atoms with van der Waals surface area (Å²) in [6.45, 7) is 1.09. The number of carbonyl (C=O) groups is 1. The van der Waals surface area contributed by atoms with Crippen LogP contribution < -0.4 is 10.1 Å². The van der Waals surface area contributed by atoms with Crippen molar-refractivity contribution in [2.45, 2.75) is 25.5 Å². The number of amides is 1. The molecule has 1 N–H and O–H groups in total. The van der Waals surface area contributed by atoms with Gasteiger partial charge in [-0.15, -0.1) is 0 Å². The molecule has 1 unspecified atom stereocenters. The fourth-order valence-electron chi connectivity index (χ4n) is 1.82. The smallest absolute Gasteiger partial charge is 0.249 e. The highest BCUT2D eigenvalue weighted by atomic mass is 16.5. The molecular weight excluding hydrogens is 220 g/mol. The Hall–Kier alpha value is -1.62. The Morgan fingerprint density at radius 1 is 1.71 bits per heavy atom. The fraction of sp³-hybridized carbons (Fsp3) is 0.500. The van der Waals surface area contributed by atoms with Crippen molar-refractivity contribution < 1.29 is 14.3 Å². The Kier molecular flexibility index (Phi) is 3.93. The van der Waals surface area contributed by atoms with E-state index in [4.69, 9.17) is 9.47 Å². The largest absolute Gasteiger partial charge is 0.481 e. The van der Waals surface area contributed by atoms with Crippen LogP contribution in [-0.4, -0.2) is 30.7 Å². The van der Waals surface area contributed by atoms with E-state index in [0.29, 0.717) is 19.0 Å². The topological polar surface area (TPSA) is 60.5 Å². The first kappa shape index (κ1) is 11.9. The monoisotopic (exact) mass is 236 g/mol. The summed E-state index contributed by atoms with van der Waals surface area (Å²) in [7, 11) is 1.56. The van der Waals surface area contributed by atoms with Crippen molar-refractivity contribution in [1.29, 1.82) is 0 Å². The molecule has 0 spiro atoms. The van der Waals surface area contributed by atoms with Gasteiger partial charge in [-0.25, -0.2) is 4.98 Å². The predicted molar refractivity (Wildman–Crippen MR) is 61.6 cm³/mol. The van der Waals surface area contributed by atoms with E-state index in [0.717, 1.165) is 18.4 Å². The van der Waals surface area contributed by atoms with Gasteiger partial charge in [0.2, 0.25) is 11.8 Å². The Morgan fingerprint density at radius 2 is 2.59 bits per heavy atom. The molecule has 0 aliphatic carbocycles. The van der Waals surface area contributed by atoms with Crippen molar-refractivity contribution in [1.82, 2.24) is 10.3 Å². The summed E-state index contributed by atoms with van der Waals surface area (Å²) in [6.07, 6.45) is 3.12. The average Bonchev–Trinajstić information content (AvgIpc) is 2.90. The minimum absolute atomic E-state index is 0.0617. The van der Waals surface area contributed by atoms with Crippen LogP contribution in [0.4, 0.5) is 0 Å². The predicted octanol–water partition coefficient (Wildman–Crippen LogP) is 0.885. The highest BCUT2D eigenvalue weighted by Crippen LogP contribution is 2.15. The van der Waals surface area contributed by atoms with Gasteiger partial charge >= 0.3 is 0 Å². The van der Waals surface area contributed by atoms with Crippen molar-refractivity contribution in [3.63, 3.8) is 0 Å². The first-order valence-electron chi connectivity index (χ1n) is 5.68. The summed E-state index contributed by atoms with van der Waals surface area (Å²) in [5.41, 5.74) is 0.862. The van der Waals surface area contributed by atoms with E-state index < -0.39 is 0 Å². The maximum atomic E-state index is 11.7. The molecule has 1 aromatic heterocycles. The van der Waals surface area contributed by atoms with Crippen LogP contribution in [0.15, 0.2) is 18.3 Å². The number of nitrogens with zero attached hydrogens (tertiary/aromatic N) is 1. The molecule has 1 aliphatic rings. The molecule has 17 heavy (non-hydrogen) atoms. The van der Waals surface area contributed by atoms with Crippen LogP contribution in [0.25, 0.3) is 0 Å². The van der Waals surface area contributed by atoms with Crippen LogP contribution in [0.3, 0.4) is 0 Å². The van der Waals surface area contributed by atoms with Gasteiger partial charge < -0.3 is 14.8 Å². The minimum Gasteiger partial charge on any atom is -0.481 e. The zero-order valence-corrected chi connectivity index (χ0v) is 9.81. The van der Waals surface area contributed by atoms with Gasteiger partial charge in [-0.3, -0.25) is 4.79 Å². The molecule has 0 aromatic carbocycles. The number of hydrogen-bond acceptors (Lipinski definition) is 4. The summed E-state index contributed by atoms with van der Waals surface area (Å²) in [6, 6.07) is 3.69. The van der Waals surface area contributed by atoms with Gasteiger partial charge in [0.15, 0.2) is 0 Å². The lowest BCUT2D eigenvalue weighted by Crippen LogP contribution is -2.33. The van der Waals surface area contributed by atoms with E-state index in [1.807, 2.05) is 12.1 Å². The highest BCUT2D eigenvalue weighted by Gasteiger charge is 2.23. The van der Waals surface area contributed by atoms with Crippen LogP contribution in [-0.2, 0) is 16.1 Å². The van der Waals surface area contributed by atoms with E-state index >= 15 is 0 Å². The van der Waals surface area contributed by atoms with Crippen molar-refractivity contribution in [2.24, 2.45) is 0 Å². The molecule has 1 aromatic rings. The zero-order chi connectivity index (χ0) is 12.1. The molecule has 5 nitrogen and oxygen atoms in total. The van der Waals surface area contributed by atoms with Crippen LogP contribution in [0.2, 0.25) is 0 Å². The maximum absolute atomic E-state index is 11.7. The molecule has 2 heterocycles. The molecule has 5 heteroatoms. The van der Waals surface area contributed by atoms with Gasteiger partial charge in [0.05, 0.1) is 7.11 Å². The fourth-order valence-corrected chi connectivity index (χ4v) is 1.82. The standard InChI is InChI=1S/C12H16N2O3/c1-16-12-9(4-2-6-13-12)8-14-11(15)10-5-3-7-17-10/h2,4,6,10H,3,5,7-8H2,1H3,(H,14,15). The molecule has 2 rings (SSSR count). The van der Waals surface area contributed by atoms with Crippen molar-refractivity contribution in [3.05, 3.63) is 23.9 Å². The van der Waals surface area contributed by atoms with Gasteiger partial charge in [-0.05, 0) is 18.9 Å². The molecule has 1 amide bonds. The summed E-state index contributed by atoms with van der Waals surface area (Å²) < 4.78 is 10.4. The molecule has 0 radical (unpaired) electrons. The van der Waals surface area contributed by atoms with Gasteiger partial charge in [-0.2, -0.15) is 0 Å². The maximum Gasteiger partial charge on any atom is 0.249 e. The molecule has 1 atom stereocenters. The molecule has 1 aliphatic heterocycles. The van der Waals surface area contributed by atoms with Gasteiger partial charge in [0.1, 0.15) is 6.10 Å². The van der Waals surface area contributed by atoms with Crippen LogP contribution in [0.1, 0.15) is 18.4 Å².